The Hall–Kier alpha value is -3.02. The minimum absolute atomic E-state index is 0.0602. The lowest BCUT2D eigenvalue weighted by molar-refractivity contribution is 0.0697. The summed E-state index contributed by atoms with van der Waals surface area (Å²) in [6, 6.07) is 9.52. The Morgan fingerprint density at radius 2 is 2.00 bits per heavy atom. The van der Waals surface area contributed by atoms with Gasteiger partial charge in [-0.1, -0.05) is 23.4 Å². The number of halogens is 1. The Labute approximate surface area is 131 Å². The molecule has 0 saturated carbocycles. The average molecular weight is 312 g/mol. The molecule has 0 bridgehead atoms. The molecular weight excluding hydrogens is 299 g/mol. The summed E-state index contributed by atoms with van der Waals surface area (Å²) >= 11 is 0. The minimum atomic E-state index is -1.05. The van der Waals surface area contributed by atoms with Gasteiger partial charge >= 0.3 is 5.97 Å². The lowest BCUT2D eigenvalue weighted by Gasteiger charge is -2.03. The van der Waals surface area contributed by atoms with Crippen molar-refractivity contribution in [2.24, 2.45) is 0 Å². The van der Waals surface area contributed by atoms with Gasteiger partial charge in [-0.2, -0.15) is 4.98 Å². The van der Waals surface area contributed by atoms with Gasteiger partial charge in [0, 0.05) is 5.56 Å². The highest BCUT2D eigenvalue weighted by Crippen LogP contribution is 2.27. The van der Waals surface area contributed by atoms with E-state index in [4.69, 9.17) is 9.63 Å². The molecule has 0 fully saturated rings. The number of hydrogen-bond donors (Lipinski definition) is 1. The van der Waals surface area contributed by atoms with E-state index in [0.717, 1.165) is 5.56 Å². The predicted molar refractivity (Wildman–Crippen MR) is 81.6 cm³/mol. The summed E-state index contributed by atoms with van der Waals surface area (Å²) in [7, 11) is 0. The molecular formula is C17H13FN2O3. The number of carboxylic acids is 1. The van der Waals surface area contributed by atoms with Crippen LogP contribution in [0.5, 0.6) is 0 Å². The van der Waals surface area contributed by atoms with Crippen molar-refractivity contribution in [1.82, 2.24) is 10.1 Å². The van der Waals surface area contributed by atoms with Crippen molar-refractivity contribution in [3.05, 3.63) is 58.9 Å². The summed E-state index contributed by atoms with van der Waals surface area (Å²) in [6.45, 7) is 3.52. The molecule has 0 aliphatic rings. The summed E-state index contributed by atoms with van der Waals surface area (Å²) < 4.78 is 19.4. The van der Waals surface area contributed by atoms with E-state index in [2.05, 4.69) is 10.1 Å². The second kappa shape index (κ2) is 5.64. The normalized spacial score (nSPS) is 10.7. The second-order valence-corrected chi connectivity index (χ2v) is 5.25. The maximum Gasteiger partial charge on any atom is 0.335 e. The number of aromatic carboxylic acids is 1. The molecule has 0 saturated heterocycles. The van der Waals surface area contributed by atoms with Gasteiger partial charge in [0.05, 0.1) is 11.1 Å². The molecule has 0 aliphatic carbocycles. The Morgan fingerprint density at radius 1 is 1.22 bits per heavy atom. The number of benzene rings is 2. The number of nitrogens with zero attached hydrogens (tertiary/aromatic N) is 2. The van der Waals surface area contributed by atoms with Crippen LogP contribution < -0.4 is 0 Å². The molecule has 1 aromatic heterocycles. The van der Waals surface area contributed by atoms with Crippen LogP contribution in [0.25, 0.3) is 22.8 Å². The van der Waals surface area contributed by atoms with Crippen molar-refractivity contribution < 1.29 is 18.8 Å². The Morgan fingerprint density at radius 3 is 2.74 bits per heavy atom. The molecule has 5 nitrogen and oxygen atoms in total. The third kappa shape index (κ3) is 2.83. The maximum atomic E-state index is 14.2. The third-order valence-corrected chi connectivity index (χ3v) is 3.42. The van der Waals surface area contributed by atoms with Gasteiger partial charge in [0.25, 0.3) is 5.89 Å². The van der Waals surface area contributed by atoms with E-state index in [9.17, 15) is 9.18 Å². The van der Waals surface area contributed by atoms with Crippen LogP contribution >= 0.6 is 0 Å². The predicted octanol–water partition coefficient (Wildman–Crippen LogP) is 3.86. The zero-order valence-electron chi connectivity index (χ0n) is 12.5. The van der Waals surface area contributed by atoms with Crippen LogP contribution in [0, 0.1) is 19.7 Å². The highest BCUT2D eigenvalue weighted by atomic mass is 19.1. The standard InChI is InChI=1S/C17H13FN2O3/c1-9-6-10(2)14(18)13(7-9)16-19-15(20-23-16)11-4-3-5-12(8-11)17(21)22/h3-8H,1-2H3,(H,21,22). The van der Waals surface area contributed by atoms with Gasteiger partial charge in [0.2, 0.25) is 5.82 Å². The number of hydrogen-bond acceptors (Lipinski definition) is 4. The molecule has 1 heterocycles. The van der Waals surface area contributed by atoms with Crippen LogP contribution in [-0.2, 0) is 0 Å². The number of carboxylic acid groups (broad SMARTS) is 1. The molecule has 0 spiro atoms. The molecule has 0 atom stereocenters. The first-order valence-corrected chi connectivity index (χ1v) is 6.90. The van der Waals surface area contributed by atoms with Crippen LogP contribution in [0.2, 0.25) is 0 Å². The molecule has 1 N–H and O–H groups in total. The number of carbonyl (C=O) groups is 1. The number of rotatable bonds is 3. The average Bonchev–Trinajstić information content (AvgIpc) is 3.00. The van der Waals surface area contributed by atoms with Crippen molar-refractivity contribution in [3.63, 3.8) is 0 Å². The largest absolute Gasteiger partial charge is 0.478 e. The molecule has 0 unspecified atom stereocenters. The monoisotopic (exact) mass is 312 g/mol. The van der Waals surface area contributed by atoms with Gasteiger partial charge in [-0.05, 0) is 43.2 Å². The van der Waals surface area contributed by atoms with Crippen molar-refractivity contribution >= 4 is 5.97 Å². The molecule has 23 heavy (non-hydrogen) atoms. The van der Waals surface area contributed by atoms with Gasteiger partial charge in [-0.25, -0.2) is 9.18 Å². The first kappa shape index (κ1) is 14.9. The fourth-order valence-corrected chi connectivity index (χ4v) is 2.35. The zero-order chi connectivity index (χ0) is 16.6. The molecule has 2 aromatic carbocycles. The van der Waals surface area contributed by atoms with E-state index in [1.807, 2.05) is 6.92 Å². The molecule has 3 rings (SSSR count). The van der Waals surface area contributed by atoms with E-state index in [1.54, 1.807) is 31.2 Å². The minimum Gasteiger partial charge on any atom is -0.478 e. The van der Waals surface area contributed by atoms with Gasteiger partial charge in [0.15, 0.2) is 0 Å². The fraction of sp³-hybridized carbons (Fsp3) is 0.118. The van der Waals surface area contributed by atoms with Crippen molar-refractivity contribution in [2.45, 2.75) is 13.8 Å². The lowest BCUT2D eigenvalue weighted by atomic mass is 10.1. The molecule has 0 aliphatic heterocycles. The molecule has 3 aromatic rings. The summed E-state index contributed by atoms with van der Waals surface area (Å²) in [5.41, 5.74) is 2.21. The number of aromatic nitrogens is 2. The van der Waals surface area contributed by atoms with E-state index < -0.39 is 11.8 Å². The van der Waals surface area contributed by atoms with E-state index in [0.29, 0.717) is 11.1 Å². The highest BCUT2D eigenvalue weighted by molar-refractivity contribution is 5.89. The van der Waals surface area contributed by atoms with Gasteiger partial charge in [-0.15, -0.1) is 0 Å². The summed E-state index contributed by atoms with van der Waals surface area (Å²) in [6.07, 6.45) is 0. The van der Waals surface area contributed by atoms with Crippen LogP contribution in [0.1, 0.15) is 21.5 Å². The van der Waals surface area contributed by atoms with Crippen molar-refractivity contribution in [3.8, 4) is 22.8 Å². The summed E-state index contributed by atoms with van der Waals surface area (Å²) in [4.78, 5) is 15.2. The topological polar surface area (TPSA) is 76.2 Å². The molecule has 6 heteroatoms. The fourth-order valence-electron chi connectivity index (χ4n) is 2.35. The van der Waals surface area contributed by atoms with Gasteiger partial charge in [-0.3, -0.25) is 0 Å². The Balaban J connectivity index is 2.05. The van der Waals surface area contributed by atoms with Crippen LogP contribution in [0.15, 0.2) is 40.9 Å². The lowest BCUT2D eigenvalue weighted by Crippen LogP contribution is -1.96. The van der Waals surface area contributed by atoms with Crippen LogP contribution in [0.4, 0.5) is 4.39 Å². The maximum absolute atomic E-state index is 14.2. The van der Waals surface area contributed by atoms with Gasteiger partial charge in [0.1, 0.15) is 5.82 Å². The first-order valence-electron chi connectivity index (χ1n) is 6.90. The first-order chi connectivity index (χ1) is 11.0. The quantitative estimate of drug-likeness (QED) is 0.794. The van der Waals surface area contributed by atoms with Crippen molar-refractivity contribution in [1.29, 1.82) is 0 Å². The Kier molecular flexibility index (Phi) is 3.65. The van der Waals surface area contributed by atoms with E-state index in [-0.39, 0.29) is 22.8 Å². The number of aryl methyl sites for hydroxylation is 2. The molecule has 0 amide bonds. The summed E-state index contributed by atoms with van der Waals surface area (Å²) in [5, 5.41) is 12.8. The second-order valence-electron chi connectivity index (χ2n) is 5.25. The van der Waals surface area contributed by atoms with E-state index in [1.165, 1.54) is 12.1 Å². The molecule has 116 valence electrons. The molecule has 0 radical (unpaired) electrons. The zero-order valence-corrected chi connectivity index (χ0v) is 12.5. The SMILES string of the molecule is Cc1cc(C)c(F)c(-c2nc(-c3cccc(C(=O)O)c3)no2)c1. The smallest absolute Gasteiger partial charge is 0.335 e. The summed E-state index contributed by atoms with van der Waals surface area (Å²) in [5.74, 6) is -1.19. The van der Waals surface area contributed by atoms with Crippen LogP contribution in [0.3, 0.4) is 0 Å². The third-order valence-electron chi connectivity index (χ3n) is 3.42. The van der Waals surface area contributed by atoms with E-state index >= 15 is 0 Å². The Bertz CT molecular complexity index is 903. The van der Waals surface area contributed by atoms with Crippen LogP contribution in [-0.4, -0.2) is 21.2 Å². The highest BCUT2D eigenvalue weighted by Gasteiger charge is 2.17. The van der Waals surface area contributed by atoms with Crippen molar-refractivity contribution in [2.75, 3.05) is 0 Å². The van der Waals surface area contributed by atoms with Gasteiger partial charge < -0.3 is 9.63 Å².